The van der Waals surface area contributed by atoms with Crippen LogP contribution in [-0.2, 0) is 24.0 Å². The summed E-state index contributed by atoms with van der Waals surface area (Å²) in [7, 11) is 0. The van der Waals surface area contributed by atoms with Gasteiger partial charge in [-0.2, -0.15) is 0 Å². The molecule has 1 aliphatic rings. The number of rotatable bonds is 17. The number of Topliss-reactive ketones (excluding diaryl/α,β-unsaturated/α-hetero) is 1. The van der Waals surface area contributed by atoms with Gasteiger partial charge in [-0.1, -0.05) is 41.0 Å². The Morgan fingerprint density at radius 3 is 2.22 bits per heavy atom. The number of hydrogen-bond donors (Lipinski definition) is 4. The molecule has 1 fully saturated rings. The molecule has 0 aliphatic carbocycles. The van der Waals surface area contributed by atoms with Crippen LogP contribution in [0.5, 0.6) is 0 Å². The average molecular weight is 524 g/mol. The van der Waals surface area contributed by atoms with Crippen LogP contribution in [0.4, 0.5) is 4.79 Å². The summed E-state index contributed by atoms with van der Waals surface area (Å²) in [6, 6.07) is -2.19. The van der Waals surface area contributed by atoms with Crippen molar-refractivity contribution in [3.63, 3.8) is 0 Å². The zero-order chi connectivity index (χ0) is 28.1. The lowest BCUT2D eigenvalue weighted by atomic mass is 9.96. The first-order chi connectivity index (χ1) is 17.4. The third kappa shape index (κ3) is 10.9. The lowest BCUT2D eigenvalue weighted by molar-refractivity contribution is -0.139. The van der Waals surface area contributed by atoms with Gasteiger partial charge in [0.15, 0.2) is 5.78 Å². The quantitative estimate of drug-likeness (QED) is 0.167. The van der Waals surface area contributed by atoms with Crippen molar-refractivity contribution < 1.29 is 28.8 Å². The Morgan fingerprint density at radius 1 is 1.00 bits per heavy atom. The van der Waals surface area contributed by atoms with Crippen molar-refractivity contribution in [2.75, 3.05) is 13.1 Å². The van der Waals surface area contributed by atoms with Crippen molar-refractivity contribution in [1.82, 2.24) is 20.9 Å². The molecule has 0 radical (unpaired) electrons. The van der Waals surface area contributed by atoms with Gasteiger partial charge in [0.2, 0.25) is 23.6 Å². The van der Waals surface area contributed by atoms with Crippen LogP contribution in [0.25, 0.3) is 0 Å². The Kier molecular flexibility index (Phi) is 13.8. The van der Waals surface area contributed by atoms with Gasteiger partial charge in [-0.15, -0.1) is 0 Å². The number of likely N-dealkylation sites (tertiary alicyclic amines) is 1. The number of nitrogens with zero attached hydrogens (tertiary/aromatic N) is 1. The number of amides is 6. The van der Waals surface area contributed by atoms with Crippen molar-refractivity contribution in [3.05, 3.63) is 0 Å². The maximum atomic E-state index is 13.0. The van der Waals surface area contributed by atoms with E-state index in [9.17, 15) is 28.8 Å². The van der Waals surface area contributed by atoms with Gasteiger partial charge >= 0.3 is 6.03 Å². The second kappa shape index (κ2) is 16.0. The maximum absolute atomic E-state index is 13.0. The number of carbonyl (C=O) groups is 6. The highest BCUT2D eigenvalue weighted by atomic mass is 16.2. The predicted molar refractivity (Wildman–Crippen MR) is 139 cm³/mol. The molecular weight excluding hydrogens is 478 g/mol. The number of hydrogen-bond acceptors (Lipinski definition) is 6. The number of ketones is 1. The highest BCUT2D eigenvalue weighted by Crippen LogP contribution is 2.22. The molecule has 1 saturated heterocycles. The molecule has 0 bridgehead atoms. The molecule has 1 heterocycles. The second-order valence-electron chi connectivity index (χ2n) is 10.3. The third-order valence-electron chi connectivity index (χ3n) is 6.58. The number of carbonyl (C=O) groups excluding carboxylic acids is 6. The molecule has 5 N–H and O–H groups in total. The van der Waals surface area contributed by atoms with Crippen LogP contribution < -0.4 is 21.7 Å². The molecule has 210 valence electrons. The first-order valence-corrected chi connectivity index (χ1v) is 13.4. The Hall–Kier alpha value is -2.98. The fourth-order valence-corrected chi connectivity index (χ4v) is 4.29. The summed E-state index contributed by atoms with van der Waals surface area (Å²) in [4.78, 5) is 74.5. The van der Waals surface area contributed by atoms with Crippen LogP contribution in [0.3, 0.4) is 0 Å². The van der Waals surface area contributed by atoms with Gasteiger partial charge in [0.05, 0.1) is 6.04 Å². The summed E-state index contributed by atoms with van der Waals surface area (Å²) in [5.74, 6) is -1.75. The van der Waals surface area contributed by atoms with Crippen LogP contribution >= 0.6 is 0 Å². The van der Waals surface area contributed by atoms with Crippen LogP contribution in [0.15, 0.2) is 0 Å². The van der Waals surface area contributed by atoms with Crippen molar-refractivity contribution in [2.45, 2.75) is 98.1 Å². The third-order valence-corrected chi connectivity index (χ3v) is 6.58. The molecule has 1 aliphatic heterocycles. The number of imide groups is 1. The minimum atomic E-state index is -0.801. The van der Waals surface area contributed by atoms with E-state index < -0.39 is 24.0 Å². The van der Waals surface area contributed by atoms with E-state index in [0.717, 1.165) is 0 Å². The summed E-state index contributed by atoms with van der Waals surface area (Å²) >= 11 is 0. The zero-order valence-electron chi connectivity index (χ0n) is 22.9. The maximum Gasteiger partial charge on any atom is 0.312 e. The monoisotopic (exact) mass is 523 g/mol. The first-order valence-electron chi connectivity index (χ1n) is 13.4. The lowest BCUT2D eigenvalue weighted by Gasteiger charge is -2.26. The topological polar surface area (TPSA) is 168 Å². The summed E-state index contributed by atoms with van der Waals surface area (Å²) < 4.78 is 0. The van der Waals surface area contributed by atoms with Crippen LogP contribution in [-0.4, -0.2) is 65.5 Å². The van der Waals surface area contributed by atoms with E-state index in [1.165, 1.54) is 4.90 Å². The molecule has 37 heavy (non-hydrogen) atoms. The smallest absolute Gasteiger partial charge is 0.312 e. The fourth-order valence-electron chi connectivity index (χ4n) is 4.29. The zero-order valence-corrected chi connectivity index (χ0v) is 22.9. The van der Waals surface area contributed by atoms with Crippen LogP contribution in [0.2, 0.25) is 0 Å². The lowest BCUT2D eigenvalue weighted by Crippen LogP contribution is -2.54. The van der Waals surface area contributed by atoms with E-state index in [1.54, 1.807) is 13.8 Å². The highest BCUT2D eigenvalue weighted by molar-refractivity contribution is 6.03. The second-order valence-corrected chi connectivity index (χ2v) is 10.3. The van der Waals surface area contributed by atoms with Gasteiger partial charge in [0.25, 0.3) is 0 Å². The van der Waals surface area contributed by atoms with Crippen LogP contribution in [0.1, 0.15) is 86.0 Å². The van der Waals surface area contributed by atoms with Crippen molar-refractivity contribution in [1.29, 1.82) is 0 Å². The van der Waals surface area contributed by atoms with Gasteiger partial charge in [0.1, 0.15) is 6.04 Å². The Bertz CT molecular complexity index is 828. The van der Waals surface area contributed by atoms with Gasteiger partial charge in [-0.25, -0.2) is 4.79 Å². The van der Waals surface area contributed by atoms with Crippen LogP contribution in [0, 0.1) is 17.8 Å². The standard InChI is InChI=1S/C26H45N5O6/c1-6-18-15-21(33)31(25(18)36)14-9-7-8-12-20(32)30-22(16(2)3)24(35)29-19(23(34)17(4)5)11-10-13-28-26(27)37/h16-19,22H,6-15H2,1-5H3,(H,29,35)(H,30,32)(H3,27,28,37)/t18?,19-,22-/m0/s1. The van der Waals surface area contributed by atoms with E-state index in [2.05, 4.69) is 16.0 Å². The molecule has 0 saturated carbocycles. The van der Waals surface area contributed by atoms with Crippen molar-refractivity contribution in [3.8, 4) is 0 Å². The Labute approximate surface area is 220 Å². The SMILES string of the molecule is CCC1CC(=O)N(CCCCCC(=O)N[C@H](C(=O)N[C@@H](CCCNC(N)=O)C(=O)C(C)C)C(C)C)C1=O. The largest absolute Gasteiger partial charge is 0.352 e. The minimum Gasteiger partial charge on any atom is -0.352 e. The summed E-state index contributed by atoms with van der Waals surface area (Å²) in [5.41, 5.74) is 5.06. The fraction of sp³-hybridized carbons (Fsp3) is 0.769. The number of urea groups is 1. The number of primary amides is 1. The molecule has 0 spiro atoms. The van der Waals surface area contributed by atoms with E-state index in [4.69, 9.17) is 5.73 Å². The molecule has 0 aromatic carbocycles. The molecule has 11 heteroatoms. The van der Waals surface area contributed by atoms with E-state index in [1.807, 2.05) is 20.8 Å². The molecule has 3 atom stereocenters. The predicted octanol–water partition coefficient (Wildman–Crippen LogP) is 1.63. The van der Waals surface area contributed by atoms with Crippen molar-refractivity contribution in [2.24, 2.45) is 23.5 Å². The van der Waals surface area contributed by atoms with Gasteiger partial charge in [-0.3, -0.25) is 28.9 Å². The van der Waals surface area contributed by atoms with Gasteiger partial charge < -0.3 is 21.7 Å². The Morgan fingerprint density at radius 2 is 1.68 bits per heavy atom. The summed E-state index contributed by atoms with van der Waals surface area (Å²) in [5, 5.41) is 8.02. The Balaban J connectivity index is 2.54. The van der Waals surface area contributed by atoms with E-state index in [0.29, 0.717) is 45.1 Å². The molecular formula is C26H45N5O6. The highest BCUT2D eigenvalue weighted by Gasteiger charge is 2.36. The van der Waals surface area contributed by atoms with E-state index in [-0.39, 0.29) is 60.6 Å². The van der Waals surface area contributed by atoms with Gasteiger partial charge in [0, 0.05) is 37.8 Å². The molecule has 1 unspecified atom stereocenters. The summed E-state index contributed by atoms with van der Waals surface area (Å²) in [6.45, 7) is 9.69. The number of nitrogens with two attached hydrogens (primary N) is 1. The van der Waals surface area contributed by atoms with E-state index >= 15 is 0 Å². The molecule has 1 rings (SSSR count). The van der Waals surface area contributed by atoms with Gasteiger partial charge in [-0.05, 0) is 38.0 Å². The minimum absolute atomic E-state index is 0.102. The number of unbranched alkanes of at least 4 members (excludes halogenated alkanes) is 2. The molecule has 0 aromatic rings. The summed E-state index contributed by atoms with van der Waals surface area (Å²) in [6.07, 6.45) is 3.80. The molecule has 11 nitrogen and oxygen atoms in total. The average Bonchev–Trinajstić information content (AvgIpc) is 3.10. The molecule has 6 amide bonds. The van der Waals surface area contributed by atoms with Crippen molar-refractivity contribution >= 4 is 35.4 Å². The molecule has 0 aromatic heterocycles. The first kappa shape index (κ1) is 32.0. The normalized spacial score (nSPS) is 17.2. The number of nitrogens with one attached hydrogen (secondary N) is 3.